The summed E-state index contributed by atoms with van der Waals surface area (Å²) in [6.45, 7) is 7.70. The molecule has 2 unspecified atom stereocenters. The molecule has 0 spiro atoms. The topological polar surface area (TPSA) is 29.9 Å². The van der Waals surface area contributed by atoms with E-state index in [2.05, 4.69) is 49.5 Å². The predicted octanol–water partition coefficient (Wildman–Crippen LogP) is 3.96. The second-order valence-corrected chi connectivity index (χ2v) is 5.41. The fraction of sp³-hybridized carbons (Fsp3) is 0.471. The van der Waals surface area contributed by atoms with E-state index in [1.54, 1.807) is 0 Å². The first-order valence-corrected chi connectivity index (χ1v) is 7.58. The third kappa shape index (κ3) is 3.70. The predicted molar refractivity (Wildman–Crippen MR) is 84.1 cm³/mol. The van der Waals surface area contributed by atoms with Crippen molar-refractivity contribution < 1.29 is 0 Å². The molecule has 0 aliphatic rings. The molecule has 1 N–H and O–H groups in total. The van der Waals surface area contributed by atoms with E-state index in [1.165, 1.54) is 12.0 Å². The van der Waals surface area contributed by atoms with Crippen LogP contribution in [-0.4, -0.2) is 16.3 Å². The lowest BCUT2D eigenvalue weighted by molar-refractivity contribution is 0.408. The van der Waals surface area contributed by atoms with Gasteiger partial charge in [-0.05, 0) is 31.0 Å². The molecule has 2 aromatic rings. The first-order valence-electron chi connectivity index (χ1n) is 7.58. The standard InChI is InChI=1S/C17H25N3/c1-4-14(3)11-17(18-5-2)15-12-19-20(13-15)16-9-7-6-8-10-16/h6-10,12-14,17-18H,4-5,11H2,1-3H3. The molecular formula is C17H25N3. The molecule has 20 heavy (non-hydrogen) atoms. The zero-order valence-electron chi connectivity index (χ0n) is 12.7. The van der Waals surface area contributed by atoms with Crippen LogP contribution < -0.4 is 5.32 Å². The Morgan fingerprint density at radius 3 is 2.60 bits per heavy atom. The zero-order chi connectivity index (χ0) is 14.4. The van der Waals surface area contributed by atoms with Gasteiger partial charge in [-0.3, -0.25) is 0 Å². The van der Waals surface area contributed by atoms with Crippen molar-refractivity contribution in [1.82, 2.24) is 15.1 Å². The van der Waals surface area contributed by atoms with Crippen LogP contribution in [0.1, 0.15) is 45.2 Å². The number of aromatic nitrogens is 2. The SMILES string of the molecule is CCNC(CC(C)CC)c1cnn(-c2ccccc2)c1. The van der Waals surface area contributed by atoms with Crippen LogP contribution in [-0.2, 0) is 0 Å². The van der Waals surface area contributed by atoms with Gasteiger partial charge in [-0.2, -0.15) is 5.10 Å². The Morgan fingerprint density at radius 1 is 1.20 bits per heavy atom. The van der Waals surface area contributed by atoms with Gasteiger partial charge < -0.3 is 5.32 Å². The van der Waals surface area contributed by atoms with Crippen molar-refractivity contribution in [2.24, 2.45) is 5.92 Å². The third-order valence-corrected chi connectivity index (χ3v) is 3.81. The van der Waals surface area contributed by atoms with Crippen molar-refractivity contribution >= 4 is 0 Å². The number of hydrogen-bond acceptors (Lipinski definition) is 2. The molecule has 0 bridgehead atoms. The van der Waals surface area contributed by atoms with Crippen LogP contribution in [0.3, 0.4) is 0 Å². The summed E-state index contributed by atoms with van der Waals surface area (Å²) in [5.41, 5.74) is 2.38. The molecule has 0 fully saturated rings. The van der Waals surface area contributed by atoms with Gasteiger partial charge in [-0.15, -0.1) is 0 Å². The van der Waals surface area contributed by atoms with Crippen molar-refractivity contribution in [2.75, 3.05) is 6.54 Å². The van der Waals surface area contributed by atoms with Crippen LogP contribution in [0, 0.1) is 5.92 Å². The number of nitrogens with one attached hydrogen (secondary N) is 1. The zero-order valence-corrected chi connectivity index (χ0v) is 12.7. The molecule has 0 amide bonds. The van der Waals surface area contributed by atoms with Gasteiger partial charge in [0.1, 0.15) is 0 Å². The van der Waals surface area contributed by atoms with Crippen LogP contribution in [0.25, 0.3) is 5.69 Å². The van der Waals surface area contributed by atoms with Crippen molar-refractivity contribution in [3.63, 3.8) is 0 Å². The summed E-state index contributed by atoms with van der Waals surface area (Å²) in [7, 11) is 0. The minimum atomic E-state index is 0.396. The number of hydrogen-bond donors (Lipinski definition) is 1. The Hall–Kier alpha value is -1.61. The van der Waals surface area contributed by atoms with E-state index in [0.717, 1.165) is 24.6 Å². The molecular weight excluding hydrogens is 246 g/mol. The largest absolute Gasteiger partial charge is 0.310 e. The van der Waals surface area contributed by atoms with Gasteiger partial charge in [-0.1, -0.05) is 45.4 Å². The van der Waals surface area contributed by atoms with Gasteiger partial charge in [0.2, 0.25) is 0 Å². The van der Waals surface area contributed by atoms with Crippen molar-refractivity contribution in [1.29, 1.82) is 0 Å². The highest BCUT2D eigenvalue weighted by atomic mass is 15.3. The molecule has 3 nitrogen and oxygen atoms in total. The van der Waals surface area contributed by atoms with E-state index in [9.17, 15) is 0 Å². The van der Waals surface area contributed by atoms with E-state index >= 15 is 0 Å². The van der Waals surface area contributed by atoms with Crippen LogP contribution in [0.4, 0.5) is 0 Å². The highest BCUT2D eigenvalue weighted by molar-refractivity contribution is 5.31. The summed E-state index contributed by atoms with van der Waals surface area (Å²) in [6, 6.07) is 10.7. The highest BCUT2D eigenvalue weighted by Crippen LogP contribution is 2.23. The van der Waals surface area contributed by atoms with Gasteiger partial charge in [0.15, 0.2) is 0 Å². The van der Waals surface area contributed by atoms with Crippen LogP contribution in [0.15, 0.2) is 42.7 Å². The molecule has 2 rings (SSSR count). The second kappa shape index (κ2) is 7.25. The summed E-state index contributed by atoms with van der Waals surface area (Å²) in [5, 5.41) is 8.07. The fourth-order valence-corrected chi connectivity index (χ4v) is 2.39. The monoisotopic (exact) mass is 271 g/mol. The summed E-state index contributed by atoms with van der Waals surface area (Å²) < 4.78 is 1.95. The van der Waals surface area contributed by atoms with Crippen molar-refractivity contribution in [2.45, 2.75) is 39.7 Å². The summed E-state index contributed by atoms with van der Waals surface area (Å²) in [4.78, 5) is 0. The van der Waals surface area contributed by atoms with Gasteiger partial charge >= 0.3 is 0 Å². The Bertz CT molecular complexity index is 504. The van der Waals surface area contributed by atoms with E-state index in [1.807, 2.05) is 29.1 Å². The first-order chi connectivity index (χ1) is 9.74. The maximum Gasteiger partial charge on any atom is 0.0645 e. The molecule has 0 aliphatic heterocycles. The molecule has 0 saturated carbocycles. The lowest BCUT2D eigenvalue weighted by Crippen LogP contribution is -2.22. The molecule has 1 heterocycles. The van der Waals surface area contributed by atoms with E-state index < -0.39 is 0 Å². The molecule has 0 saturated heterocycles. The maximum atomic E-state index is 4.50. The third-order valence-electron chi connectivity index (χ3n) is 3.81. The highest BCUT2D eigenvalue weighted by Gasteiger charge is 2.15. The Morgan fingerprint density at radius 2 is 1.95 bits per heavy atom. The molecule has 0 aliphatic carbocycles. The van der Waals surface area contributed by atoms with Crippen LogP contribution in [0.2, 0.25) is 0 Å². The van der Waals surface area contributed by atoms with E-state index in [0.29, 0.717) is 6.04 Å². The molecule has 108 valence electrons. The smallest absolute Gasteiger partial charge is 0.0645 e. The minimum absolute atomic E-state index is 0.396. The van der Waals surface area contributed by atoms with E-state index in [-0.39, 0.29) is 0 Å². The van der Waals surface area contributed by atoms with Gasteiger partial charge in [0.05, 0.1) is 11.9 Å². The Labute approximate surface area is 122 Å². The Kier molecular flexibility index (Phi) is 5.36. The summed E-state index contributed by atoms with van der Waals surface area (Å²) in [5.74, 6) is 0.721. The Balaban J connectivity index is 2.16. The normalized spacial score (nSPS) is 14.2. The lowest BCUT2D eigenvalue weighted by atomic mass is 9.96. The molecule has 1 aromatic carbocycles. The average molecular weight is 271 g/mol. The number of para-hydroxylation sites is 1. The number of nitrogens with zero attached hydrogens (tertiary/aromatic N) is 2. The van der Waals surface area contributed by atoms with E-state index in [4.69, 9.17) is 0 Å². The number of rotatable bonds is 7. The van der Waals surface area contributed by atoms with Gasteiger partial charge in [0.25, 0.3) is 0 Å². The van der Waals surface area contributed by atoms with Crippen LogP contribution >= 0.6 is 0 Å². The van der Waals surface area contributed by atoms with Gasteiger partial charge in [0, 0.05) is 17.8 Å². The summed E-state index contributed by atoms with van der Waals surface area (Å²) >= 11 is 0. The second-order valence-electron chi connectivity index (χ2n) is 5.41. The first kappa shape index (κ1) is 14.8. The van der Waals surface area contributed by atoms with Gasteiger partial charge in [-0.25, -0.2) is 4.68 Å². The average Bonchev–Trinajstić information content (AvgIpc) is 2.97. The molecule has 2 atom stereocenters. The van der Waals surface area contributed by atoms with Crippen molar-refractivity contribution in [3.05, 3.63) is 48.3 Å². The quantitative estimate of drug-likeness (QED) is 0.826. The maximum absolute atomic E-state index is 4.50. The molecule has 3 heteroatoms. The van der Waals surface area contributed by atoms with Crippen LogP contribution in [0.5, 0.6) is 0 Å². The van der Waals surface area contributed by atoms with Crippen molar-refractivity contribution in [3.8, 4) is 5.69 Å². The molecule has 0 radical (unpaired) electrons. The molecule has 1 aromatic heterocycles. The summed E-state index contributed by atoms with van der Waals surface area (Å²) in [6.07, 6.45) is 6.51. The number of benzene rings is 1. The minimum Gasteiger partial charge on any atom is -0.310 e. The fourth-order valence-electron chi connectivity index (χ4n) is 2.39. The lowest BCUT2D eigenvalue weighted by Gasteiger charge is -2.19.